The third-order valence-electron chi connectivity index (χ3n) is 0.519. The number of ether oxygens (including phenoxy) is 1. The van der Waals surface area contributed by atoms with Gasteiger partial charge in [0.05, 0.1) is 12.5 Å². The summed E-state index contributed by atoms with van der Waals surface area (Å²) < 4.78 is 4.42. The molecule has 46 valence electrons. The Morgan fingerprint density at radius 2 is 2.33 bits per heavy atom. The maximum atomic E-state index is 9.99. The van der Waals surface area contributed by atoms with Gasteiger partial charge in [0.2, 0.25) is 0 Å². The van der Waals surface area contributed by atoms with E-state index in [1.165, 1.54) is 6.92 Å². The third-order valence-corrected chi connectivity index (χ3v) is 0.519. The fourth-order valence-corrected chi connectivity index (χ4v) is 0.240. The zero-order valence-corrected chi connectivity index (χ0v) is 4.68. The molecule has 0 spiro atoms. The number of nitriles is 1. The molecule has 0 aliphatic heterocycles. The maximum absolute atomic E-state index is 9.99. The van der Waals surface area contributed by atoms with E-state index in [-0.39, 0.29) is 48.6 Å². The van der Waals surface area contributed by atoms with Crippen LogP contribution in [0.1, 0.15) is 13.3 Å². The molecule has 0 aliphatic rings. The second-order valence-electron chi connectivity index (χ2n) is 1.25. The summed E-state index contributed by atoms with van der Waals surface area (Å²) in [6.07, 6.45) is 0.277. The molecule has 0 unspecified atom stereocenters. The molecule has 0 aromatic carbocycles. The van der Waals surface area contributed by atoms with Gasteiger partial charge in [0, 0.05) is 6.92 Å². The van der Waals surface area contributed by atoms with Gasteiger partial charge in [0.15, 0.2) is 0 Å². The van der Waals surface area contributed by atoms with Crippen LogP contribution in [0.4, 0.5) is 0 Å². The van der Waals surface area contributed by atoms with Crippen molar-refractivity contribution < 1.29 is 9.53 Å². The van der Waals surface area contributed by atoms with Crippen LogP contribution in [0, 0.1) is 11.3 Å². The van der Waals surface area contributed by atoms with Crippen LogP contribution in [0.15, 0.2) is 0 Å². The molecule has 0 saturated carbocycles. The van der Waals surface area contributed by atoms with E-state index in [0.29, 0.717) is 0 Å². The van der Waals surface area contributed by atoms with Gasteiger partial charge < -0.3 is 4.74 Å². The van der Waals surface area contributed by atoms with Crippen molar-refractivity contribution in [3.63, 3.8) is 0 Å². The summed E-state index contributed by atoms with van der Waals surface area (Å²) in [7, 11) is 0. The Balaban J connectivity index is 0. The summed E-state index contributed by atoms with van der Waals surface area (Å²) in [6, 6.07) is 1.85. The Kier molecular flexibility index (Phi) is 10.4. The van der Waals surface area contributed by atoms with Crippen molar-refractivity contribution in [3.8, 4) is 6.07 Å². The van der Waals surface area contributed by atoms with Crippen LogP contribution in [0.25, 0.3) is 0 Å². The minimum absolute atomic E-state index is 0. The summed E-state index contributed by atoms with van der Waals surface area (Å²) in [5, 5.41) is 7.94. The van der Waals surface area contributed by atoms with Gasteiger partial charge in [0.1, 0.15) is 6.61 Å². The van der Waals surface area contributed by atoms with Crippen molar-refractivity contribution in [2.24, 2.45) is 0 Å². The standard InChI is InChI=1S/C5H7NO2.Na.H/c1-5(7)8-4-2-3-6;;/h2,4H2,1H3;;. The van der Waals surface area contributed by atoms with Crippen LogP contribution in [-0.2, 0) is 9.53 Å². The predicted molar refractivity (Wildman–Crippen MR) is 34.0 cm³/mol. The van der Waals surface area contributed by atoms with Gasteiger partial charge in [-0.3, -0.25) is 4.79 Å². The van der Waals surface area contributed by atoms with E-state index in [4.69, 9.17) is 5.26 Å². The Hall–Kier alpha value is -0.0400. The second kappa shape index (κ2) is 7.96. The van der Waals surface area contributed by atoms with Gasteiger partial charge in [-0.2, -0.15) is 5.26 Å². The molecule has 0 amide bonds. The number of nitrogens with zero attached hydrogens (tertiary/aromatic N) is 1. The Morgan fingerprint density at radius 3 is 2.67 bits per heavy atom. The van der Waals surface area contributed by atoms with Gasteiger partial charge >= 0.3 is 35.5 Å². The molecule has 0 radical (unpaired) electrons. The number of hydrogen-bond donors (Lipinski definition) is 0. The average molecular weight is 137 g/mol. The molecule has 9 heavy (non-hydrogen) atoms. The molecule has 4 heteroatoms. The van der Waals surface area contributed by atoms with E-state index in [1.54, 1.807) is 0 Å². The Morgan fingerprint density at radius 1 is 1.78 bits per heavy atom. The monoisotopic (exact) mass is 137 g/mol. The van der Waals surface area contributed by atoms with Crippen molar-refractivity contribution in [2.75, 3.05) is 6.61 Å². The van der Waals surface area contributed by atoms with Crippen molar-refractivity contribution in [1.82, 2.24) is 0 Å². The average Bonchev–Trinajstić information content (AvgIpc) is 1.66. The van der Waals surface area contributed by atoms with E-state index in [0.717, 1.165) is 0 Å². The topological polar surface area (TPSA) is 50.1 Å². The quantitative estimate of drug-likeness (QED) is 0.301. The fourth-order valence-electron chi connectivity index (χ4n) is 0.240. The molecule has 0 rings (SSSR count). The molecule has 0 fully saturated rings. The predicted octanol–water partition coefficient (Wildman–Crippen LogP) is -0.185. The summed E-state index contributed by atoms with van der Waals surface area (Å²) >= 11 is 0. The van der Waals surface area contributed by atoms with Crippen molar-refractivity contribution in [2.45, 2.75) is 13.3 Å². The van der Waals surface area contributed by atoms with Crippen molar-refractivity contribution in [3.05, 3.63) is 0 Å². The first kappa shape index (κ1) is 11.7. The first-order valence-electron chi connectivity index (χ1n) is 2.27. The molecule has 0 saturated heterocycles. The molecule has 0 aromatic heterocycles. The fraction of sp³-hybridized carbons (Fsp3) is 0.600. The summed E-state index contributed by atoms with van der Waals surface area (Å²) in [6.45, 7) is 1.53. The van der Waals surface area contributed by atoms with Gasteiger partial charge in [-0.25, -0.2) is 0 Å². The minimum atomic E-state index is -0.333. The van der Waals surface area contributed by atoms with E-state index in [1.807, 2.05) is 6.07 Å². The van der Waals surface area contributed by atoms with Gasteiger partial charge in [-0.05, 0) is 0 Å². The molecule has 3 nitrogen and oxygen atoms in total. The first-order chi connectivity index (χ1) is 3.77. The van der Waals surface area contributed by atoms with E-state index >= 15 is 0 Å². The van der Waals surface area contributed by atoms with Gasteiger partial charge in [0.25, 0.3) is 0 Å². The van der Waals surface area contributed by atoms with E-state index in [9.17, 15) is 4.79 Å². The summed E-state index contributed by atoms with van der Waals surface area (Å²) in [4.78, 5) is 9.99. The number of hydrogen-bond acceptors (Lipinski definition) is 3. The normalized spacial score (nSPS) is 6.67. The zero-order valence-electron chi connectivity index (χ0n) is 4.68. The van der Waals surface area contributed by atoms with Crippen LogP contribution < -0.4 is 0 Å². The number of carbonyl (C=O) groups is 1. The Labute approximate surface area is 76.3 Å². The van der Waals surface area contributed by atoms with Crippen LogP contribution in [0.3, 0.4) is 0 Å². The number of esters is 1. The van der Waals surface area contributed by atoms with E-state index in [2.05, 4.69) is 4.74 Å². The summed E-state index contributed by atoms with van der Waals surface area (Å²) in [5.41, 5.74) is 0. The molecule has 0 bridgehead atoms. The molecule has 0 heterocycles. The number of rotatable bonds is 2. The zero-order chi connectivity index (χ0) is 6.41. The molecular weight excluding hydrogens is 129 g/mol. The van der Waals surface area contributed by atoms with Crippen LogP contribution in [0.5, 0.6) is 0 Å². The van der Waals surface area contributed by atoms with Crippen molar-refractivity contribution >= 4 is 35.5 Å². The second-order valence-corrected chi connectivity index (χ2v) is 1.25. The molecule has 0 N–H and O–H groups in total. The first-order valence-corrected chi connectivity index (χ1v) is 2.27. The molecule has 0 aliphatic carbocycles. The molecular formula is C5H8NNaO2. The SMILES string of the molecule is CC(=O)OCCC#N.[NaH]. The van der Waals surface area contributed by atoms with Crippen LogP contribution in [0.2, 0.25) is 0 Å². The van der Waals surface area contributed by atoms with E-state index < -0.39 is 0 Å². The van der Waals surface area contributed by atoms with Gasteiger partial charge in [-0.1, -0.05) is 0 Å². The van der Waals surface area contributed by atoms with Crippen LogP contribution in [-0.4, -0.2) is 42.1 Å². The Bertz CT molecular complexity index is 119. The van der Waals surface area contributed by atoms with Gasteiger partial charge in [-0.15, -0.1) is 0 Å². The number of carbonyl (C=O) groups excluding carboxylic acids is 1. The molecule has 0 aromatic rings. The summed E-state index contributed by atoms with van der Waals surface area (Å²) in [5.74, 6) is -0.333. The third kappa shape index (κ3) is 11.5. The molecule has 0 atom stereocenters. The van der Waals surface area contributed by atoms with Crippen molar-refractivity contribution in [1.29, 1.82) is 5.26 Å². The van der Waals surface area contributed by atoms with Crippen LogP contribution >= 0.6 is 0 Å².